The molecule has 0 spiro atoms. The number of aryl methyl sites for hydroxylation is 2. The first-order valence-electron chi connectivity index (χ1n) is 8.93. The van der Waals surface area contributed by atoms with Crippen LogP contribution in [0.25, 0.3) is 16.6 Å². The molecule has 3 N–H and O–H groups in total. The molecule has 0 unspecified atom stereocenters. The minimum absolute atomic E-state index is 0.00349. The Morgan fingerprint density at radius 1 is 1.17 bits per heavy atom. The van der Waals surface area contributed by atoms with Crippen LogP contribution in [0.15, 0.2) is 47.3 Å². The van der Waals surface area contributed by atoms with Crippen molar-refractivity contribution in [3.8, 4) is 5.69 Å². The molecule has 0 amide bonds. The zero-order valence-electron chi connectivity index (χ0n) is 15.9. The van der Waals surface area contributed by atoms with Gasteiger partial charge in [-0.05, 0) is 43.5 Å². The van der Waals surface area contributed by atoms with E-state index in [4.69, 9.17) is 5.14 Å². The van der Waals surface area contributed by atoms with E-state index in [0.29, 0.717) is 16.6 Å². The van der Waals surface area contributed by atoms with Gasteiger partial charge in [-0.15, -0.1) is 0 Å². The monoisotopic (exact) mass is 440 g/mol. The molecular formula is C19H19F3N4O3S. The highest BCUT2D eigenvalue weighted by atomic mass is 32.2. The molecule has 0 bridgehead atoms. The van der Waals surface area contributed by atoms with Gasteiger partial charge in [0.15, 0.2) is 0 Å². The molecule has 0 saturated heterocycles. The van der Waals surface area contributed by atoms with Crippen LogP contribution >= 0.6 is 0 Å². The number of alkyl halides is 3. The van der Waals surface area contributed by atoms with E-state index >= 15 is 0 Å². The summed E-state index contributed by atoms with van der Waals surface area (Å²) in [4.78, 5) is 16.9. The molecule has 1 heterocycles. The van der Waals surface area contributed by atoms with Gasteiger partial charge in [0.25, 0.3) is 10.2 Å². The Hall–Kier alpha value is -2.76. The number of aromatic nitrogens is 2. The first-order chi connectivity index (χ1) is 14.0. The maximum absolute atomic E-state index is 13.3. The zero-order valence-corrected chi connectivity index (χ0v) is 16.7. The van der Waals surface area contributed by atoms with Gasteiger partial charge in [-0.3, -0.25) is 4.57 Å². The SMILES string of the molecule is Cc1ccccc1-n1c(=O)nc(CCCNS(N)(=O)=O)c2ccc(C(F)(F)F)cc21. The van der Waals surface area contributed by atoms with Gasteiger partial charge in [0.2, 0.25) is 0 Å². The van der Waals surface area contributed by atoms with Gasteiger partial charge in [-0.1, -0.05) is 24.3 Å². The number of nitrogens with two attached hydrogens (primary N) is 1. The summed E-state index contributed by atoms with van der Waals surface area (Å²) in [5.74, 6) is 0. The Kier molecular flexibility index (Phi) is 5.97. The second-order valence-electron chi connectivity index (χ2n) is 6.74. The van der Waals surface area contributed by atoms with Crippen molar-refractivity contribution in [1.82, 2.24) is 14.3 Å². The molecule has 11 heteroatoms. The highest BCUT2D eigenvalue weighted by Gasteiger charge is 2.31. The molecule has 0 aliphatic rings. The quantitative estimate of drug-likeness (QED) is 0.574. The average molecular weight is 440 g/mol. The van der Waals surface area contributed by atoms with Crippen LogP contribution in [0.2, 0.25) is 0 Å². The van der Waals surface area contributed by atoms with Gasteiger partial charge < -0.3 is 0 Å². The summed E-state index contributed by atoms with van der Waals surface area (Å²) in [6.45, 7) is 1.75. The molecule has 3 aromatic rings. The van der Waals surface area contributed by atoms with Gasteiger partial charge in [0.05, 0.1) is 22.5 Å². The van der Waals surface area contributed by atoms with Crippen LogP contribution in [0.3, 0.4) is 0 Å². The lowest BCUT2D eigenvalue weighted by Gasteiger charge is -2.16. The van der Waals surface area contributed by atoms with Crippen molar-refractivity contribution >= 4 is 21.1 Å². The van der Waals surface area contributed by atoms with Crippen LogP contribution in [-0.4, -0.2) is 24.5 Å². The molecule has 1 aromatic heterocycles. The van der Waals surface area contributed by atoms with E-state index in [1.807, 2.05) is 0 Å². The third kappa shape index (κ3) is 4.86. The van der Waals surface area contributed by atoms with Crippen molar-refractivity contribution in [3.63, 3.8) is 0 Å². The molecule has 3 rings (SSSR count). The summed E-state index contributed by atoms with van der Waals surface area (Å²) >= 11 is 0. The first-order valence-corrected chi connectivity index (χ1v) is 10.5. The smallest absolute Gasteiger partial charge is 0.260 e. The summed E-state index contributed by atoms with van der Waals surface area (Å²) in [6.07, 6.45) is -4.15. The van der Waals surface area contributed by atoms with Gasteiger partial charge in [0, 0.05) is 11.9 Å². The molecule has 160 valence electrons. The van der Waals surface area contributed by atoms with Crippen molar-refractivity contribution in [3.05, 3.63) is 69.8 Å². The lowest BCUT2D eigenvalue weighted by molar-refractivity contribution is -0.137. The van der Waals surface area contributed by atoms with Gasteiger partial charge in [0.1, 0.15) is 0 Å². The van der Waals surface area contributed by atoms with Crippen LogP contribution in [0.1, 0.15) is 23.2 Å². The lowest BCUT2D eigenvalue weighted by Crippen LogP contribution is -2.32. The van der Waals surface area contributed by atoms with Crippen molar-refractivity contribution in [2.45, 2.75) is 25.9 Å². The highest BCUT2D eigenvalue weighted by Crippen LogP contribution is 2.32. The van der Waals surface area contributed by atoms with Crippen LogP contribution in [0, 0.1) is 6.92 Å². The highest BCUT2D eigenvalue weighted by molar-refractivity contribution is 7.87. The summed E-state index contributed by atoms with van der Waals surface area (Å²) in [5, 5.41) is 5.25. The normalized spacial score (nSPS) is 12.4. The zero-order chi connectivity index (χ0) is 22.1. The lowest BCUT2D eigenvalue weighted by atomic mass is 10.1. The molecule has 0 fully saturated rings. The molecule has 0 aliphatic carbocycles. The Bertz CT molecular complexity index is 1250. The molecule has 0 aliphatic heterocycles. The number of nitrogens with one attached hydrogen (secondary N) is 1. The number of fused-ring (bicyclic) bond motifs is 1. The number of rotatable bonds is 6. The first kappa shape index (κ1) is 21.9. The van der Waals surface area contributed by atoms with Gasteiger partial charge in [-0.2, -0.15) is 26.6 Å². The summed E-state index contributed by atoms with van der Waals surface area (Å²) in [7, 11) is -3.86. The number of nitrogens with zero attached hydrogens (tertiary/aromatic N) is 2. The molecule has 7 nitrogen and oxygen atoms in total. The number of hydrogen-bond acceptors (Lipinski definition) is 4. The fourth-order valence-electron chi connectivity index (χ4n) is 3.17. The third-order valence-electron chi connectivity index (χ3n) is 4.55. The van der Waals surface area contributed by atoms with Crippen molar-refractivity contribution in [2.75, 3.05) is 6.54 Å². The topological polar surface area (TPSA) is 107 Å². The van der Waals surface area contributed by atoms with Crippen LogP contribution < -0.4 is 15.6 Å². The average Bonchev–Trinajstić information content (AvgIpc) is 2.64. The van der Waals surface area contributed by atoms with E-state index in [0.717, 1.165) is 16.7 Å². The van der Waals surface area contributed by atoms with Gasteiger partial charge in [-0.25, -0.2) is 14.7 Å². The second-order valence-corrected chi connectivity index (χ2v) is 8.11. The summed E-state index contributed by atoms with van der Waals surface area (Å²) in [6, 6.07) is 9.96. The standard InChI is InChI=1S/C19H19F3N4O3S/c1-12-5-2-3-7-16(12)26-17-11-13(19(20,21)22)8-9-14(17)15(25-18(26)27)6-4-10-24-30(23,28)29/h2-3,5,7-9,11,24H,4,6,10H2,1H3,(H2,23,28,29). The van der Waals surface area contributed by atoms with Crippen molar-refractivity contribution < 1.29 is 21.6 Å². The summed E-state index contributed by atoms with van der Waals surface area (Å²) in [5.41, 5.74) is -0.111. The second kappa shape index (κ2) is 8.17. The Labute approximate surface area is 170 Å². The maximum Gasteiger partial charge on any atom is 0.416 e. The minimum atomic E-state index is -4.58. The third-order valence-corrected chi connectivity index (χ3v) is 5.16. The molecule has 0 atom stereocenters. The Balaban J connectivity index is 2.16. The van der Waals surface area contributed by atoms with Crippen LogP contribution in [0.4, 0.5) is 13.2 Å². The van der Waals surface area contributed by atoms with Crippen LogP contribution in [-0.2, 0) is 22.8 Å². The maximum atomic E-state index is 13.3. The number of halogens is 3. The van der Waals surface area contributed by atoms with Gasteiger partial charge >= 0.3 is 11.9 Å². The Morgan fingerprint density at radius 3 is 2.50 bits per heavy atom. The number of hydrogen-bond donors (Lipinski definition) is 2. The van der Waals surface area contributed by atoms with Crippen LogP contribution in [0.5, 0.6) is 0 Å². The van der Waals surface area contributed by atoms with Crippen molar-refractivity contribution in [1.29, 1.82) is 0 Å². The fraction of sp³-hybridized carbons (Fsp3) is 0.263. The van der Waals surface area contributed by atoms with E-state index in [1.54, 1.807) is 31.2 Å². The largest absolute Gasteiger partial charge is 0.416 e. The van der Waals surface area contributed by atoms with E-state index in [2.05, 4.69) is 9.71 Å². The molecule has 0 radical (unpaired) electrons. The predicted molar refractivity (Wildman–Crippen MR) is 107 cm³/mol. The molecule has 30 heavy (non-hydrogen) atoms. The molecular weight excluding hydrogens is 421 g/mol. The van der Waals surface area contributed by atoms with Crippen molar-refractivity contribution in [2.24, 2.45) is 5.14 Å². The number of benzene rings is 2. The number of para-hydroxylation sites is 1. The van der Waals surface area contributed by atoms with E-state index < -0.39 is 27.6 Å². The fourth-order valence-corrected chi connectivity index (χ4v) is 3.60. The van der Waals surface area contributed by atoms with E-state index in [9.17, 15) is 26.4 Å². The van der Waals surface area contributed by atoms with E-state index in [1.165, 1.54) is 6.07 Å². The Morgan fingerprint density at radius 2 is 1.87 bits per heavy atom. The molecule has 2 aromatic carbocycles. The predicted octanol–water partition coefficient (Wildman–Crippen LogP) is 2.44. The van der Waals surface area contributed by atoms with E-state index in [-0.39, 0.29) is 30.6 Å². The minimum Gasteiger partial charge on any atom is -0.260 e. The molecule has 0 saturated carbocycles. The summed E-state index contributed by atoms with van der Waals surface area (Å²) < 4.78 is 65.1.